The van der Waals surface area contributed by atoms with Crippen LogP contribution in [-0.2, 0) is 0 Å². The minimum atomic E-state index is -0.214. The largest absolute Gasteiger partial charge is 0.329 e. The van der Waals surface area contributed by atoms with Gasteiger partial charge < -0.3 is 5.73 Å². The Hall–Kier alpha value is -0.450. The van der Waals surface area contributed by atoms with Gasteiger partial charge in [0.15, 0.2) is 0 Å². The fourth-order valence-electron chi connectivity index (χ4n) is 2.08. The molecular formula is C14H22BrFN2. The average molecular weight is 317 g/mol. The van der Waals surface area contributed by atoms with Gasteiger partial charge in [0.25, 0.3) is 0 Å². The highest BCUT2D eigenvalue weighted by molar-refractivity contribution is 9.10. The number of hydrogen-bond acceptors (Lipinski definition) is 2. The van der Waals surface area contributed by atoms with Crippen LogP contribution in [0.2, 0.25) is 0 Å². The molecule has 102 valence electrons. The van der Waals surface area contributed by atoms with Crippen LogP contribution in [0.4, 0.5) is 4.39 Å². The van der Waals surface area contributed by atoms with Gasteiger partial charge in [-0.15, -0.1) is 0 Å². The lowest BCUT2D eigenvalue weighted by Crippen LogP contribution is -2.31. The summed E-state index contributed by atoms with van der Waals surface area (Å²) < 4.78 is 14.3. The van der Waals surface area contributed by atoms with Crippen molar-refractivity contribution in [3.8, 4) is 0 Å². The zero-order valence-electron chi connectivity index (χ0n) is 11.1. The van der Waals surface area contributed by atoms with E-state index in [9.17, 15) is 4.39 Å². The summed E-state index contributed by atoms with van der Waals surface area (Å²) in [5.41, 5.74) is 6.77. The van der Waals surface area contributed by atoms with Gasteiger partial charge in [0, 0.05) is 17.1 Å². The van der Waals surface area contributed by atoms with Gasteiger partial charge in [0.1, 0.15) is 5.82 Å². The average Bonchev–Trinajstić information content (AvgIpc) is 2.35. The Bertz CT molecular complexity index is 371. The quantitative estimate of drug-likeness (QED) is 0.777. The molecule has 0 amide bonds. The fraction of sp³-hybridized carbons (Fsp3) is 0.571. The Morgan fingerprint density at radius 2 is 2.11 bits per heavy atom. The molecule has 0 aliphatic heterocycles. The Labute approximate surface area is 117 Å². The van der Waals surface area contributed by atoms with Gasteiger partial charge in [-0.05, 0) is 43.8 Å². The predicted molar refractivity (Wildman–Crippen MR) is 78.1 cm³/mol. The molecule has 1 aromatic rings. The smallest absolute Gasteiger partial charge is 0.123 e. The minimum Gasteiger partial charge on any atom is -0.329 e. The Kier molecular flexibility index (Phi) is 6.82. The molecule has 1 atom stereocenters. The molecular weight excluding hydrogens is 295 g/mol. The molecule has 2 N–H and O–H groups in total. The first kappa shape index (κ1) is 15.6. The van der Waals surface area contributed by atoms with Gasteiger partial charge in [-0.3, -0.25) is 4.90 Å². The molecule has 2 nitrogen and oxygen atoms in total. The van der Waals surface area contributed by atoms with Crippen LogP contribution in [0.1, 0.15) is 37.8 Å². The number of nitrogens with two attached hydrogens (primary N) is 1. The maximum Gasteiger partial charge on any atom is 0.123 e. The van der Waals surface area contributed by atoms with Gasteiger partial charge in [-0.25, -0.2) is 4.39 Å². The number of halogens is 2. The molecule has 0 aliphatic carbocycles. The molecule has 0 aromatic heterocycles. The third-order valence-corrected chi connectivity index (χ3v) is 3.91. The van der Waals surface area contributed by atoms with Gasteiger partial charge in [0.05, 0.1) is 0 Å². The highest BCUT2D eigenvalue weighted by Gasteiger charge is 2.18. The lowest BCUT2D eigenvalue weighted by molar-refractivity contribution is 0.244. The second kappa shape index (κ2) is 7.87. The molecule has 0 aliphatic rings. The van der Waals surface area contributed by atoms with Crippen LogP contribution >= 0.6 is 15.9 Å². The molecule has 0 saturated heterocycles. The van der Waals surface area contributed by atoms with Crippen molar-refractivity contribution in [3.63, 3.8) is 0 Å². The molecule has 0 bridgehead atoms. The summed E-state index contributed by atoms with van der Waals surface area (Å²) in [5.74, 6) is -0.214. The topological polar surface area (TPSA) is 29.3 Å². The number of likely N-dealkylation sites (N-methyl/N-ethyl adjacent to an activating group) is 1. The van der Waals surface area contributed by atoms with E-state index < -0.39 is 0 Å². The van der Waals surface area contributed by atoms with Crippen LogP contribution in [-0.4, -0.2) is 25.0 Å². The third kappa shape index (κ3) is 4.34. The molecule has 4 heteroatoms. The van der Waals surface area contributed by atoms with Crippen molar-refractivity contribution < 1.29 is 4.39 Å². The van der Waals surface area contributed by atoms with E-state index in [1.54, 1.807) is 12.1 Å². The summed E-state index contributed by atoms with van der Waals surface area (Å²) in [4.78, 5) is 2.20. The van der Waals surface area contributed by atoms with Crippen molar-refractivity contribution in [3.05, 3.63) is 34.1 Å². The highest BCUT2D eigenvalue weighted by Crippen LogP contribution is 2.27. The molecule has 0 fully saturated rings. The second-order valence-electron chi connectivity index (χ2n) is 4.61. The molecule has 0 saturated carbocycles. The molecule has 0 spiro atoms. The first-order valence-electron chi connectivity index (χ1n) is 6.45. The Morgan fingerprint density at radius 1 is 1.39 bits per heavy atom. The van der Waals surface area contributed by atoms with E-state index in [0.717, 1.165) is 23.0 Å². The van der Waals surface area contributed by atoms with Gasteiger partial charge in [0.2, 0.25) is 0 Å². The van der Waals surface area contributed by atoms with Crippen LogP contribution in [0.3, 0.4) is 0 Å². The Morgan fingerprint density at radius 3 is 2.72 bits per heavy atom. The molecule has 1 aromatic carbocycles. The van der Waals surface area contributed by atoms with E-state index in [1.165, 1.54) is 18.9 Å². The summed E-state index contributed by atoms with van der Waals surface area (Å²) >= 11 is 3.47. The monoisotopic (exact) mass is 316 g/mol. The van der Waals surface area contributed by atoms with Crippen molar-refractivity contribution in [2.24, 2.45) is 5.73 Å². The molecule has 1 unspecified atom stereocenters. The lowest BCUT2D eigenvalue weighted by atomic mass is 10.1. The standard InChI is InChI=1S/C14H22BrFN2/c1-3-4-5-8-18(2)14(10-17)12-9-11(16)6-7-13(12)15/h6-7,9,14H,3-5,8,10,17H2,1-2H3. The minimum absolute atomic E-state index is 0.0620. The van der Waals surface area contributed by atoms with E-state index in [2.05, 4.69) is 27.8 Å². The Balaban J connectivity index is 2.78. The van der Waals surface area contributed by atoms with Crippen LogP contribution in [0.5, 0.6) is 0 Å². The van der Waals surface area contributed by atoms with E-state index in [0.29, 0.717) is 6.54 Å². The van der Waals surface area contributed by atoms with Crippen molar-refractivity contribution in [2.75, 3.05) is 20.1 Å². The van der Waals surface area contributed by atoms with Crippen LogP contribution in [0.25, 0.3) is 0 Å². The molecule has 1 rings (SSSR count). The third-order valence-electron chi connectivity index (χ3n) is 3.19. The van der Waals surface area contributed by atoms with Crippen molar-refractivity contribution >= 4 is 15.9 Å². The van der Waals surface area contributed by atoms with Gasteiger partial charge in [-0.2, -0.15) is 0 Å². The second-order valence-corrected chi connectivity index (χ2v) is 5.46. The number of rotatable bonds is 7. The summed E-state index contributed by atoms with van der Waals surface area (Å²) in [7, 11) is 2.05. The van der Waals surface area contributed by atoms with E-state index >= 15 is 0 Å². The first-order valence-corrected chi connectivity index (χ1v) is 7.24. The van der Waals surface area contributed by atoms with Crippen LogP contribution in [0, 0.1) is 5.82 Å². The number of benzene rings is 1. The zero-order valence-corrected chi connectivity index (χ0v) is 12.7. The maximum absolute atomic E-state index is 13.3. The maximum atomic E-state index is 13.3. The number of hydrogen-bond donors (Lipinski definition) is 1. The number of nitrogens with zero attached hydrogens (tertiary/aromatic N) is 1. The lowest BCUT2D eigenvalue weighted by Gasteiger charge is -2.28. The van der Waals surface area contributed by atoms with Crippen molar-refractivity contribution in [1.82, 2.24) is 4.90 Å². The van der Waals surface area contributed by atoms with Crippen molar-refractivity contribution in [2.45, 2.75) is 32.2 Å². The summed E-state index contributed by atoms with van der Waals surface area (Å²) in [5, 5.41) is 0. The first-order chi connectivity index (χ1) is 8.60. The molecule has 0 radical (unpaired) electrons. The highest BCUT2D eigenvalue weighted by atomic mass is 79.9. The van der Waals surface area contributed by atoms with E-state index in [-0.39, 0.29) is 11.9 Å². The normalized spacial score (nSPS) is 13.0. The van der Waals surface area contributed by atoms with Gasteiger partial charge >= 0.3 is 0 Å². The molecule has 0 heterocycles. The zero-order chi connectivity index (χ0) is 13.5. The summed E-state index contributed by atoms with van der Waals surface area (Å²) in [6.45, 7) is 3.66. The van der Waals surface area contributed by atoms with Crippen LogP contribution < -0.4 is 5.73 Å². The van der Waals surface area contributed by atoms with E-state index in [4.69, 9.17) is 5.73 Å². The van der Waals surface area contributed by atoms with Crippen molar-refractivity contribution in [1.29, 1.82) is 0 Å². The summed E-state index contributed by atoms with van der Waals surface area (Å²) in [6.07, 6.45) is 3.56. The predicted octanol–water partition coefficient (Wildman–Crippen LogP) is 3.71. The number of unbranched alkanes of at least 4 members (excludes halogenated alkanes) is 2. The van der Waals surface area contributed by atoms with Crippen LogP contribution in [0.15, 0.2) is 22.7 Å². The van der Waals surface area contributed by atoms with E-state index in [1.807, 2.05) is 7.05 Å². The fourth-order valence-corrected chi connectivity index (χ4v) is 2.59. The SMILES string of the molecule is CCCCCN(C)C(CN)c1cc(F)ccc1Br. The molecule has 18 heavy (non-hydrogen) atoms. The summed E-state index contributed by atoms with van der Waals surface area (Å²) in [6, 6.07) is 4.83. The van der Waals surface area contributed by atoms with Gasteiger partial charge in [-0.1, -0.05) is 35.7 Å².